The molecule has 0 spiro atoms. The smallest absolute Gasteiger partial charge is 0.239 e. The van der Waals surface area contributed by atoms with Gasteiger partial charge in [-0.2, -0.15) is 10.2 Å². The van der Waals surface area contributed by atoms with Gasteiger partial charge < -0.3 is 5.73 Å². The molecular weight excluding hydrogens is 476 g/mol. The fraction of sp³-hybridized carbons (Fsp3) is 0.333. The number of carbonyl (C=O) groups excluding carboxylic acids is 1. The predicted octanol–water partition coefficient (Wildman–Crippen LogP) is 4.40. The van der Waals surface area contributed by atoms with E-state index < -0.39 is 23.0 Å². The van der Waals surface area contributed by atoms with Gasteiger partial charge in [-0.25, -0.2) is 13.8 Å². The van der Waals surface area contributed by atoms with Crippen molar-refractivity contribution in [2.24, 2.45) is 11.1 Å². The summed E-state index contributed by atoms with van der Waals surface area (Å²) < 4.78 is 30.6. The number of halogens is 2. The van der Waals surface area contributed by atoms with Gasteiger partial charge in [-0.05, 0) is 48.4 Å². The van der Waals surface area contributed by atoms with Gasteiger partial charge in [-0.3, -0.25) is 14.5 Å². The Balaban J connectivity index is 1.64. The first-order chi connectivity index (χ1) is 17.6. The summed E-state index contributed by atoms with van der Waals surface area (Å²) >= 11 is 0. The molecule has 0 fully saturated rings. The van der Waals surface area contributed by atoms with Gasteiger partial charge >= 0.3 is 0 Å². The predicted molar refractivity (Wildman–Crippen MR) is 133 cm³/mol. The second-order valence-corrected chi connectivity index (χ2v) is 10.1. The van der Waals surface area contributed by atoms with E-state index in [1.165, 1.54) is 22.9 Å². The number of nitrogens with zero attached hydrogens (tertiary/aromatic N) is 6. The van der Waals surface area contributed by atoms with Crippen LogP contribution in [0.15, 0.2) is 49.1 Å². The van der Waals surface area contributed by atoms with E-state index in [4.69, 9.17) is 10.7 Å². The van der Waals surface area contributed by atoms with E-state index >= 15 is 0 Å². The summed E-state index contributed by atoms with van der Waals surface area (Å²) in [6, 6.07) is 5.51. The van der Waals surface area contributed by atoms with Gasteiger partial charge in [-0.15, -0.1) is 5.10 Å². The Hall–Kier alpha value is -4.08. The minimum Gasteiger partial charge on any atom is -0.368 e. The van der Waals surface area contributed by atoms with Crippen molar-refractivity contribution in [2.45, 2.75) is 52.0 Å². The number of aromatic nitrogens is 6. The van der Waals surface area contributed by atoms with E-state index in [1.807, 2.05) is 0 Å². The van der Waals surface area contributed by atoms with E-state index in [-0.39, 0.29) is 29.1 Å². The SMILES string of the molecule is CCC1c2cc(-c3c(F)cccc3F)nnc2[C@](C)(c2cncc(-c3cnn(CC(N)=O)c3)n2)C1(C)C. The van der Waals surface area contributed by atoms with Crippen molar-refractivity contribution in [1.82, 2.24) is 29.9 Å². The Morgan fingerprint density at radius 3 is 2.49 bits per heavy atom. The number of amides is 1. The van der Waals surface area contributed by atoms with E-state index in [9.17, 15) is 13.6 Å². The average molecular weight is 504 g/mol. The van der Waals surface area contributed by atoms with Gasteiger partial charge in [0.25, 0.3) is 0 Å². The molecule has 0 aliphatic heterocycles. The third-order valence-electron chi connectivity index (χ3n) is 7.85. The molecule has 2 atom stereocenters. The highest BCUT2D eigenvalue weighted by atomic mass is 19.1. The molecule has 8 nitrogen and oxygen atoms in total. The first kappa shape index (κ1) is 24.6. The molecule has 10 heteroatoms. The topological polar surface area (TPSA) is 112 Å². The Labute approximate surface area is 213 Å². The van der Waals surface area contributed by atoms with Crippen molar-refractivity contribution in [1.29, 1.82) is 0 Å². The molecule has 5 rings (SSSR count). The summed E-state index contributed by atoms with van der Waals surface area (Å²) in [7, 11) is 0. The first-order valence-corrected chi connectivity index (χ1v) is 12.0. The van der Waals surface area contributed by atoms with Gasteiger partial charge in [0.2, 0.25) is 5.91 Å². The van der Waals surface area contributed by atoms with Crippen LogP contribution < -0.4 is 5.73 Å². The number of nitrogens with two attached hydrogens (primary N) is 1. The van der Waals surface area contributed by atoms with Crippen molar-refractivity contribution in [3.05, 3.63) is 77.6 Å². The zero-order chi connectivity index (χ0) is 26.5. The quantitative estimate of drug-likeness (QED) is 0.417. The van der Waals surface area contributed by atoms with Crippen LogP contribution in [-0.4, -0.2) is 35.9 Å². The van der Waals surface area contributed by atoms with Crippen molar-refractivity contribution in [2.75, 3.05) is 0 Å². The van der Waals surface area contributed by atoms with Crippen molar-refractivity contribution < 1.29 is 13.6 Å². The lowest BCUT2D eigenvalue weighted by Gasteiger charge is -2.41. The Kier molecular flexibility index (Phi) is 5.85. The van der Waals surface area contributed by atoms with Crippen LogP contribution in [0.25, 0.3) is 22.5 Å². The fourth-order valence-corrected chi connectivity index (χ4v) is 5.64. The summed E-state index contributed by atoms with van der Waals surface area (Å²) in [5.41, 5.74) is 7.75. The summed E-state index contributed by atoms with van der Waals surface area (Å²) in [5, 5.41) is 13.0. The second kappa shape index (κ2) is 8.79. The molecule has 1 aliphatic carbocycles. The van der Waals surface area contributed by atoms with Gasteiger partial charge in [0.15, 0.2) is 0 Å². The van der Waals surface area contributed by atoms with Crippen LogP contribution in [0.2, 0.25) is 0 Å². The maximum absolute atomic E-state index is 14.6. The molecule has 0 saturated heterocycles. The standard InChI is InChI=1S/C27H27F2N7O/c1-5-17-16-9-20(24-18(28)7-6-8-19(24)29)34-35-25(16)27(4,26(17,2)3)22-12-31-11-21(33-22)15-10-32-36(13-15)14-23(30)37/h6-13,17H,5,14H2,1-4H3,(H2,30,37)/t17?,27-/m0/s1. The summed E-state index contributed by atoms with van der Waals surface area (Å²) in [6.45, 7) is 8.39. The van der Waals surface area contributed by atoms with E-state index in [1.54, 1.807) is 30.9 Å². The molecule has 1 amide bonds. The molecule has 2 N–H and O–H groups in total. The van der Waals surface area contributed by atoms with Crippen molar-refractivity contribution in [3.8, 4) is 22.5 Å². The van der Waals surface area contributed by atoms with Gasteiger partial charge in [0.05, 0.1) is 46.1 Å². The molecular formula is C27H27F2N7O. The molecule has 0 bridgehead atoms. The highest BCUT2D eigenvalue weighted by Crippen LogP contribution is 2.61. The van der Waals surface area contributed by atoms with E-state index in [2.05, 4.69) is 48.0 Å². The number of hydrogen-bond donors (Lipinski definition) is 1. The summed E-state index contributed by atoms with van der Waals surface area (Å²) in [5.74, 6) is -1.83. The van der Waals surface area contributed by atoms with Crippen molar-refractivity contribution >= 4 is 5.91 Å². The molecule has 1 aliphatic rings. The Bertz CT molecular complexity index is 1500. The summed E-state index contributed by atoms with van der Waals surface area (Å²) in [4.78, 5) is 20.7. The minimum absolute atomic E-state index is 0.0281. The number of primary amides is 1. The lowest BCUT2D eigenvalue weighted by Crippen LogP contribution is -2.40. The zero-order valence-corrected chi connectivity index (χ0v) is 21.0. The van der Waals surface area contributed by atoms with Crippen molar-refractivity contribution in [3.63, 3.8) is 0 Å². The molecule has 3 aromatic heterocycles. The van der Waals surface area contributed by atoms with Crippen LogP contribution in [0, 0.1) is 17.0 Å². The van der Waals surface area contributed by atoms with E-state index in [0.717, 1.165) is 12.0 Å². The molecule has 190 valence electrons. The average Bonchev–Trinajstić information content (AvgIpc) is 3.37. The lowest BCUT2D eigenvalue weighted by atomic mass is 9.62. The number of rotatable bonds is 6. The lowest BCUT2D eigenvalue weighted by molar-refractivity contribution is -0.118. The fourth-order valence-electron chi connectivity index (χ4n) is 5.64. The molecule has 37 heavy (non-hydrogen) atoms. The summed E-state index contributed by atoms with van der Waals surface area (Å²) in [6.07, 6.45) is 7.43. The van der Waals surface area contributed by atoms with Crippen LogP contribution in [0.4, 0.5) is 8.78 Å². The molecule has 3 heterocycles. The van der Waals surface area contributed by atoms with Gasteiger partial charge in [0.1, 0.15) is 18.2 Å². The third kappa shape index (κ3) is 3.78. The second-order valence-electron chi connectivity index (χ2n) is 10.1. The highest BCUT2D eigenvalue weighted by Gasteiger charge is 2.57. The van der Waals surface area contributed by atoms with Crippen LogP contribution >= 0.6 is 0 Å². The first-order valence-electron chi connectivity index (χ1n) is 12.0. The van der Waals surface area contributed by atoms with Crippen LogP contribution in [-0.2, 0) is 16.8 Å². The molecule has 1 aromatic carbocycles. The zero-order valence-electron chi connectivity index (χ0n) is 21.0. The van der Waals surface area contributed by atoms with Crippen LogP contribution in [0.1, 0.15) is 57.0 Å². The largest absolute Gasteiger partial charge is 0.368 e. The van der Waals surface area contributed by atoms with Crippen LogP contribution in [0.3, 0.4) is 0 Å². The maximum Gasteiger partial charge on any atom is 0.239 e. The molecule has 0 saturated carbocycles. The monoisotopic (exact) mass is 503 g/mol. The number of hydrogen-bond acceptors (Lipinski definition) is 6. The maximum atomic E-state index is 14.6. The normalized spacial score (nSPS) is 20.1. The minimum atomic E-state index is -0.700. The van der Waals surface area contributed by atoms with Crippen LogP contribution in [0.5, 0.6) is 0 Å². The number of carbonyl (C=O) groups is 1. The number of benzene rings is 1. The molecule has 0 radical (unpaired) electrons. The molecule has 1 unspecified atom stereocenters. The third-order valence-corrected chi connectivity index (χ3v) is 7.85. The van der Waals surface area contributed by atoms with Gasteiger partial charge in [-0.1, -0.05) is 26.8 Å². The number of fused-ring (bicyclic) bond motifs is 1. The molecule has 4 aromatic rings. The highest BCUT2D eigenvalue weighted by molar-refractivity contribution is 5.73. The van der Waals surface area contributed by atoms with Gasteiger partial charge in [0, 0.05) is 18.0 Å². The Morgan fingerprint density at radius 1 is 1.08 bits per heavy atom. The van der Waals surface area contributed by atoms with E-state index in [0.29, 0.717) is 22.6 Å². The Morgan fingerprint density at radius 2 is 1.81 bits per heavy atom.